The van der Waals surface area contributed by atoms with Crippen LogP contribution in [0.25, 0.3) is 10.8 Å². The van der Waals surface area contributed by atoms with E-state index in [2.05, 4.69) is 86.6 Å². The Morgan fingerprint density at radius 1 is 0.810 bits per heavy atom. The topological polar surface area (TPSA) is 3.24 Å². The maximum Gasteiger partial charge on any atom is 0.0363 e. The molecule has 0 radical (unpaired) electrons. The van der Waals surface area contributed by atoms with Crippen molar-refractivity contribution in [3.05, 3.63) is 77.4 Å². The average Bonchev–Trinajstić information content (AvgIpc) is 2.49. The molecule has 0 spiro atoms. The fourth-order valence-electron chi connectivity index (χ4n) is 2.81. The van der Waals surface area contributed by atoms with Gasteiger partial charge < -0.3 is 4.90 Å². The summed E-state index contributed by atoms with van der Waals surface area (Å²) in [5, 5.41) is 2.67. The maximum atomic E-state index is 2.26. The molecule has 0 bridgehead atoms. The minimum absolute atomic E-state index is 0.987. The minimum Gasteiger partial charge on any atom is -0.378 e. The molecule has 0 fully saturated rings. The van der Waals surface area contributed by atoms with Gasteiger partial charge in [-0.25, -0.2) is 0 Å². The van der Waals surface area contributed by atoms with E-state index in [1.54, 1.807) is 0 Å². The number of hydrogen-bond acceptors (Lipinski definition) is 1. The van der Waals surface area contributed by atoms with Crippen LogP contribution in [0.3, 0.4) is 0 Å². The van der Waals surface area contributed by atoms with Crippen molar-refractivity contribution in [2.45, 2.75) is 13.3 Å². The van der Waals surface area contributed by atoms with Crippen molar-refractivity contribution in [1.82, 2.24) is 0 Å². The summed E-state index contributed by atoms with van der Waals surface area (Å²) in [6.07, 6.45) is 0.987. The Morgan fingerprint density at radius 3 is 2.33 bits per heavy atom. The fraction of sp³-hybridized carbons (Fsp3) is 0.200. The van der Waals surface area contributed by atoms with Gasteiger partial charge in [0.25, 0.3) is 0 Å². The largest absolute Gasteiger partial charge is 0.378 e. The second-order valence-corrected chi connectivity index (χ2v) is 5.82. The summed E-state index contributed by atoms with van der Waals surface area (Å²) >= 11 is 0. The second kappa shape index (κ2) is 5.61. The Morgan fingerprint density at radius 2 is 1.57 bits per heavy atom. The van der Waals surface area contributed by atoms with Crippen LogP contribution < -0.4 is 4.90 Å². The third kappa shape index (κ3) is 2.78. The minimum atomic E-state index is 0.987. The summed E-state index contributed by atoms with van der Waals surface area (Å²) in [4.78, 5) is 2.15. The zero-order valence-corrected chi connectivity index (χ0v) is 12.9. The zero-order chi connectivity index (χ0) is 14.8. The van der Waals surface area contributed by atoms with E-state index >= 15 is 0 Å². The number of benzene rings is 3. The lowest BCUT2D eigenvalue weighted by Gasteiger charge is -2.15. The van der Waals surface area contributed by atoms with Gasteiger partial charge in [-0.3, -0.25) is 0 Å². The number of anilines is 1. The van der Waals surface area contributed by atoms with Gasteiger partial charge in [0, 0.05) is 19.8 Å². The molecular weight excluding hydrogens is 254 g/mol. The van der Waals surface area contributed by atoms with Crippen LogP contribution in [0.1, 0.15) is 16.7 Å². The van der Waals surface area contributed by atoms with Gasteiger partial charge in [-0.15, -0.1) is 0 Å². The molecule has 0 aliphatic heterocycles. The molecule has 3 aromatic rings. The molecule has 0 unspecified atom stereocenters. The third-order valence-corrected chi connectivity index (χ3v) is 4.10. The van der Waals surface area contributed by atoms with Crippen LogP contribution in [0, 0.1) is 6.92 Å². The van der Waals surface area contributed by atoms with E-state index in [1.165, 1.54) is 33.2 Å². The van der Waals surface area contributed by atoms with Gasteiger partial charge in [0.15, 0.2) is 0 Å². The van der Waals surface area contributed by atoms with Crippen LogP contribution in [-0.2, 0) is 6.42 Å². The van der Waals surface area contributed by atoms with E-state index in [9.17, 15) is 0 Å². The molecule has 1 heteroatoms. The van der Waals surface area contributed by atoms with Crippen LogP contribution in [0.4, 0.5) is 5.69 Å². The van der Waals surface area contributed by atoms with E-state index in [4.69, 9.17) is 0 Å². The van der Waals surface area contributed by atoms with Gasteiger partial charge in [0.2, 0.25) is 0 Å². The van der Waals surface area contributed by atoms with E-state index in [1.807, 2.05) is 0 Å². The van der Waals surface area contributed by atoms with E-state index in [-0.39, 0.29) is 0 Å². The number of hydrogen-bond donors (Lipinski definition) is 0. The van der Waals surface area contributed by atoms with Gasteiger partial charge in [-0.2, -0.15) is 0 Å². The Balaban J connectivity index is 1.99. The highest BCUT2D eigenvalue weighted by molar-refractivity contribution is 5.86. The lowest BCUT2D eigenvalue weighted by atomic mass is 9.96. The SMILES string of the molecule is Cc1cc(N(C)C)ccc1Cc1cccc2ccccc12. The number of fused-ring (bicyclic) bond motifs is 1. The highest BCUT2D eigenvalue weighted by Gasteiger charge is 2.05. The first kappa shape index (κ1) is 13.7. The van der Waals surface area contributed by atoms with Crippen molar-refractivity contribution in [1.29, 1.82) is 0 Å². The van der Waals surface area contributed by atoms with Crippen LogP contribution in [-0.4, -0.2) is 14.1 Å². The Labute approximate surface area is 126 Å². The Hall–Kier alpha value is -2.28. The standard InChI is InChI=1S/C20H21N/c1-15-13-19(21(2)3)12-11-17(15)14-18-9-6-8-16-7-4-5-10-20(16)18/h4-13H,14H2,1-3H3. The number of nitrogens with zero attached hydrogens (tertiary/aromatic N) is 1. The lowest BCUT2D eigenvalue weighted by Crippen LogP contribution is -2.09. The summed E-state index contributed by atoms with van der Waals surface area (Å²) < 4.78 is 0. The lowest BCUT2D eigenvalue weighted by molar-refractivity contribution is 1.11. The molecule has 0 atom stereocenters. The van der Waals surface area contributed by atoms with Crippen LogP contribution in [0.5, 0.6) is 0 Å². The molecule has 0 amide bonds. The number of aryl methyl sites for hydroxylation is 1. The van der Waals surface area contributed by atoms with Crippen LogP contribution in [0.2, 0.25) is 0 Å². The second-order valence-electron chi connectivity index (χ2n) is 5.82. The molecule has 1 nitrogen and oxygen atoms in total. The fourth-order valence-corrected chi connectivity index (χ4v) is 2.81. The van der Waals surface area contributed by atoms with Crippen molar-refractivity contribution < 1.29 is 0 Å². The van der Waals surface area contributed by atoms with Crippen LogP contribution in [0.15, 0.2) is 60.7 Å². The van der Waals surface area contributed by atoms with Gasteiger partial charge >= 0.3 is 0 Å². The first-order valence-electron chi connectivity index (χ1n) is 7.38. The maximum absolute atomic E-state index is 2.26. The Kier molecular flexibility index (Phi) is 3.66. The predicted molar refractivity (Wildman–Crippen MR) is 92.3 cm³/mol. The highest BCUT2D eigenvalue weighted by atomic mass is 15.1. The summed E-state index contributed by atoms with van der Waals surface area (Å²) in [6, 6.07) is 21.9. The summed E-state index contributed by atoms with van der Waals surface area (Å²) in [7, 11) is 4.16. The molecule has 106 valence electrons. The van der Waals surface area contributed by atoms with Crippen molar-refractivity contribution in [2.75, 3.05) is 19.0 Å². The molecule has 0 heterocycles. The Bertz CT molecular complexity index is 766. The zero-order valence-electron chi connectivity index (χ0n) is 12.9. The molecule has 21 heavy (non-hydrogen) atoms. The average molecular weight is 275 g/mol. The van der Waals surface area contributed by atoms with Crippen molar-refractivity contribution in [3.8, 4) is 0 Å². The monoisotopic (exact) mass is 275 g/mol. The predicted octanol–water partition coefficient (Wildman–Crippen LogP) is 4.81. The molecule has 0 saturated heterocycles. The summed E-state index contributed by atoms with van der Waals surface area (Å²) in [6.45, 7) is 2.20. The first-order chi connectivity index (χ1) is 10.1. The van der Waals surface area contributed by atoms with Crippen LogP contribution >= 0.6 is 0 Å². The molecule has 0 N–H and O–H groups in total. The first-order valence-corrected chi connectivity index (χ1v) is 7.38. The molecule has 0 saturated carbocycles. The van der Waals surface area contributed by atoms with Gasteiger partial charge in [0.1, 0.15) is 0 Å². The molecule has 3 aromatic carbocycles. The normalized spacial score (nSPS) is 10.8. The molecule has 0 aliphatic rings. The molecule has 0 aromatic heterocycles. The van der Waals surface area contributed by atoms with Gasteiger partial charge in [0.05, 0.1) is 0 Å². The quantitative estimate of drug-likeness (QED) is 0.663. The van der Waals surface area contributed by atoms with Crippen molar-refractivity contribution in [2.24, 2.45) is 0 Å². The summed E-state index contributed by atoms with van der Waals surface area (Å²) in [5.41, 5.74) is 5.41. The smallest absolute Gasteiger partial charge is 0.0363 e. The highest BCUT2D eigenvalue weighted by Crippen LogP contribution is 2.24. The van der Waals surface area contributed by atoms with E-state index in [0.29, 0.717) is 0 Å². The van der Waals surface area contributed by atoms with E-state index in [0.717, 1.165) is 6.42 Å². The molecular formula is C20H21N. The van der Waals surface area contributed by atoms with Gasteiger partial charge in [-0.05, 0) is 52.9 Å². The molecule has 3 rings (SSSR count). The van der Waals surface area contributed by atoms with Gasteiger partial charge in [-0.1, -0.05) is 48.5 Å². The number of rotatable bonds is 3. The summed E-state index contributed by atoms with van der Waals surface area (Å²) in [5.74, 6) is 0. The third-order valence-electron chi connectivity index (χ3n) is 4.10. The molecule has 0 aliphatic carbocycles. The van der Waals surface area contributed by atoms with E-state index < -0.39 is 0 Å². The van der Waals surface area contributed by atoms with Crippen molar-refractivity contribution in [3.63, 3.8) is 0 Å². The van der Waals surface area contributed by atoms with Crippen molar-refractivity contribution >= 4 is 16.5 Å².